The van der Waals surface area contributed by atoms with E-state index in [-0.39, 0.29) is 17.9 Å². The zero-order chi connectivity index (χ0) is 7.56. The van der Waals surface area contributed by atoms with Crippen LogP contribution in [0.25, 0.3) is 0 Å². The van der Waals surface area contributed by atoms with E-state index in [1.807, 2.05) is 6.92 Å². The van der Waals surface area contributed by atoms with Crippen LogP contribution in [-0.4, -0.2) is 18.6 Å². The Kier molecular flexibility index (Phi) is 2.27. The smallest absolute Gasteiger partial charge is 0.309 e. The third kappa shape index (κ3) is 1.48. The first-order valence-corrected chi connectivity index (χ1v) is 3.66. The highest BCUT2D eigenvalue weighted by Crippen LogP contribution is 2.26. The lowest BCUT2D eigenvalue weighted by atomic mass is 9.81. The second-order valence-electron chi connectivity index (χ2n) is 2.68. The quantitative estimate of drug-likeness (QED) is 0.565. The number of nitrogens with two attached hydrogens (primary N) is 1. The normalized spacial score (nSPS) is 31.0. The number of carbonyl (C=O) groups is 1. The molecule has 0 aliphatic heterocycles. The highest BCUT2D eigenvalue weighted by atomic mass is 16.5. The molecular formula is C7H13NO2. The molecule has 3 nitrogen and oxygen atoms in total. The number of rotatable bonds is 2. The molecule has 1 aliphatic rings. The van der Waals surface area contributed by atoms with Crippen molar-refractivity contribution < 1.29 is 9.53 Å². The molecule has 0 spiro atoms. The standard InChI is InChI=1S/C7H13NO2/c1-2-10-7(9)5-3-6(8)4-5/h5-6H,2-4,8H2,1H3/t5-,6-. The van der Waals surface area contributed by atoms with Crippen molar-refractivity contribution in [1.29, 1.82) is 0 Å². The monoisotopic (exact) mass is 143 g/mol. The topological polar surface area (TPSA) is 52.3 Å². The van der Waals surface area contributed by atoms with Gasteiger partial charge in [-0.1, -0.05) is 0 Å². The van der Waals surface area contributed by atoms with Crippen molar-refractivity contribution in [1.82, 2.24) is 0 Å². The van der Waals surface area contributed by atoms with Gasteiger partial charge < -0.3 is 10.5 Å². The highest BCUT2D eigenvalue weighted by molar-refractivity contribution is 5.73. The van der Waals surface area contributed by atoms with Crippen molar-refractivity contribution in [2.24, 2.45) is 11.7 Å². The average molecular weight is 143 g/mol. The highest BCUT2D eigenvalue weighted by Gasteiger charge is 2.32. The first kappa shape index (κ1) is 7.54. The Morgan fingerprint density at radius 2 is 2.30 bits per heavy atom. The molecule has 0 aromatic carbocycles. The zero-order valence-corrected chi connectivity index (χ0v) is 6.17. The van der Waals surface area contributed by atoms with Crippen molar-refractivity contribution in [3.63, 3.8) is 0 Å². The van der Waals surface area contributed by atoms with Gasteiger partial charge in [-0.25, -0.2) is 0 Å². The number of esters is 1. The van der Waals surface area contributed by atoms with Gasteiger partial charge >= 0.3 is 5.97 Å². The Morgan fingerprint density at radius 1 is 1.70 bits per heavy atom. The fourth-order valence-electron chi connectivity index (χ4n) is 1.11. The molecule has 0 atom stereocenters. The van der Waals surface area contributed by atoms with Crippen LogP contribution in [0.1, 0.15) is 19.8 Å². The van der Waals surface area contributed by atoms with Gasteiger partial charge in [0.25, 0.3) is 0 Å². The summed E-state index contributed by atoms with van der Waals surface area (Å²) >= 11 is 0. The maximum Gasteiger partial charge on any atom is 0.309 e. The molecule has 3 heteroatoms. The van der Waals surface area contributed by atoms with E-state index in [0.717, 1.165) is 12.8 Å². The van der Waals surface area contributed by atoms with Crippen LogP contribution in [0.5, 0.6) is 0 Å². The summed E-state index contributed by atoms with van der Waals surface area (Å²) in [6, 6.07) is 0.231. The third-order valence-electron chi connectivity index (χ3n) is 1.79. The SMILES string of the molecule is CCOC(=O)[C@H]1C[C@H](N)C1. The maximum absolute atomic E-state index is 10.9. The summed E-state index contributed by atoms with van der Waals surface area (Å²) < 4.78 is 4.80. The van der Waals surface area contributed by atoms with Gasteiger partial charge in [0.05, 0.1) is 12.5 Å². The second-order valence-corrected chi connectivity index (χ2v) is 2.68. The average Bonchev–Trinajstić information content (AvgIpc) is 1.82. The predicted molar refractivity (Wildman–Crippen MR) is 37.3 cm³/mol. The van der Waals surface area contributed by atoms with Gasteiger partial charge in [0, 0.05) is 6.04 Å². The summed E-state index contributed by atoms with van der Waals surface area (Å²) in [6.45, 7) is 2.29. The minimum atomic E-state index is -0.0794. The Morgan fingerprint density at radius 3 is 2.70 bits per heavy atom. The number of carbonyl (C=O) groups excluding carboxylic acids is 1. The molecule has 0 aromatic rings. The maximum atomic E-state index is 10.9. The number of ether oxygens (including phenoxy) is 1. The van der Waals surface area contributed by atoms with Crippen molar-refractivity contribution in [2.75, 3.05) is 6.61 Å². The molecule has 1 aliphatic carbocycles. The molecule has 0 saturated heterocycles. The molecule has 58 valence electrons. The van der Waals surface area contributed by atoms with Crippen molar-refractivity contribution in [2.45, 2.75) is 25.8 Å². The molecule has 0 radical (unpaired) electrons. The lowest BCUT2D eigenvalue weighted by Crippen LogP contribution is -2.41. The van der Waals surface area contributed by atoms with Gasteiger partial charge in [-0.05, 0) is 19.8 Å². The molecule has 1 rings (SSSR count). The van der Waals surface area contributed by atoms with E-state index < -0.39 is 0 Å². The van der Waals surface area contributed by atoms with Crippen LogP contribution in [0, 0.1) is 5.92 Å². The summed E-state index contributed by atoms with van der Waals surface area (Å²) in [5.41, 5.74) is 5.50. The molecule has 1 fully saturated rings. The van der Waals surface area contributed by atoms with E-state index in [2.05, 4.69) is 0 Å². The molecule has 2 N–H and O–H groups in total. The molecule has 0 bridgehead atoms. The third-order valence-corrected chi connectivity index (χ3v) is 1.79. The van der Waals surface area contributed by atoms with Gasteiger partial charge in [0.15, 0.2) is 0 Å². The zero-order valence-electron chi connectivity index (χ0n) is 6.17. The molecule has 0 heterocycles. The molecule has 0 amide bonds. The van der Waals surface area contributed by atoms with Gasteiger partial charge in [0.1, 0.15) is 0 Å². The largest absolute Gasteiger partial charge is 0.466 e. The van der Waals surface area contributed by atoms with Crippen LogP contribution < -0.4 is 5.73 Å². The summed E-state index contributed by atoms with van der Waals surface area (Å²) in [7, 11) is 0. The predicted octanol–water partition coefficient (Wildman–Crippen LogP) is 0.287. The Bertz CT molecular complexity index is 130. The van der Waals surface area contributed by atoms with E-state index >= 15 is 0 Å². The summed E-state index contributed by atoms with van der Waals surface area (Å²) in [6.07, 6.45) is 1.61. The van der Waals surface area contributed by atoms with Crippen LogP contribution in [0.15, 0.2) is 0 Å². The van der Waals surface area contributed by atoms with Gasteiger partial charge in [0.2, 0.25) is 0 Å². The van der Waals surface area contributed by atoms with E-state index in [4.69, 9.17) is 10.5 Å². The lowest BCUT2D eigenvalue weighted by Gasteiger charge is -2.29. The lowest BCUT2D eigenvalue weighted by molar-refractivity contribution is -0.151. The summed E-state index contributed by atoms with van der Waals surface area (Å²) in [5, 5.41) is 0. The molecule has 0 unspecified atom stereocenters. The molecule has 10 heavy (non-hydrogen) atoms. The Hall–Kier alpha value is -0.570. The van der Waals surface area contributed by atoms with Crippen LogP contribution in [-0.2, 0) is 9.53 Å². The Balaban J connectivity index is 2.18. The minimum absolute atomic E-state index is 0.0794. The van der Waals surface area contributed by atoms with Gasteiger partial charge in [-0.15, -0.1) is 0 Å². The van der Waals surface area contributed by atoms with Crippen molar-refractivity contribution in [3.8, 4) is 0 Å². The van der Waals surface area contributed by atoms with E-state index in [1.54, 1.807) is 0 Å². The van der Waals surface area contributed by atoms with Crippen molar-refractivity contribution in [3.05, 3.63) is 0 Å². The van der Waals surface area contributed by atoms with Crippen LogP contribution in [0.2, 0.25) is 0 Å². The molecule has 0 aromatic heterocycles. The molecular weight excluding hydrogens is 130 g/mol. The van der Waals surface area contributed by atoms with Crippen LogP contribution in [0.3, 0.4) is 0 Å². The van der Waals surface area contributed by atoms with Crippen molar-refractivity contribution >= 4 is 5.97 Å². The second kappa shape index (κ2) is 3.01. The first-order valence-electron chi connectivity index (χ1n) is 3.66. The Labute approximate surface area is 60.5 Å². The van der Waals surface area contributed by atoms with E-state index in [0.29, 0.717) is 6.61 Å². The van der Waals surface area contributed by atoms with E-state index in [9.17, 15) is 4.79 Å². The molecule has 1 saturated carbocycles. The number of hydrogen-bond acceptors (Lipinski definition) is 3. The fourth-order valence-corrected chi connectivity index (χ4v) is 1.11. The van der Waals surface area contributed by atoms with Gasteiger partial charge in [-0.2, -0.15) is 0 Å². The first-order chi connectivity index (χ1) is 4.74. The van der Waals surface area contributed by atoms with Crippen LogP contribution >= 0.6 is 0 Å². The summed E-state index contributed by atoms with van der Waals surface area (Å²) in [5.74, 6) is 0.0131. The minimum Gasteiger partial charge on any atom is -0.466 e. The fraction of sp³-hybridized carbons (Fsp3) is 0.857. The summed E-state index contributed by atoms with van der Waals surface area (Å²) in [4.78, 5) is 10.9. The number of hydrogen-bond donors (Lipinski definition) is 1. The van der Waals surface area contributed by atoms with E-state index in [1.165, 1.54) is 0 Å². The van der Waals surface area contributed by atoms with Crippen LogP contribution in [0.4, 0.5) is 0 Å². The van der Waals surface area contributed by atoms with Gasteiger partial charge in [-0.3, -0.25) is 4.79 Å².